The van der Waals surface area contributed by atoms with Gasteiger partial charge in [-0.25, -0.2) is 4.39 Å². The topological polar surface area (TPSA) is 44.4 Å². The fourth-order valence-corrected chi connectivity index (χ4v) is 3.18. The van der Waals surface area contributed by atoms with Gasteiger partial charge in [0.2, 0.25) is 5.91 Å². The number of nitrogens with one attached hydrogen (secondary N) is 2. The molecule has 2 unspecified atom stereocenters. The van der Waals surface area contributed by atoms with Gasteiger partial charge in [0.1, 0.15) is 5.82 Å². The van der Waals surface area contributed by atoms with Crippen LogP contribution in [0.2, 0.25) is 0 Å². The van der Waals surface area contributed by atoms with Gasteiger partial charge in [-0.05, 0) is 43.1 Å². The number of carbonyl (C=O) groups is 1. The first-order valence-electron chi connectivity index (χ1n) is 7.19. The second-order valence-electron chi connectivity index (χ2n) is 5.75. The number of nitrogens with zero attached hydrogens (tertiary/aromatic N) is 1. The molecule has 2 atom stereocenters. The van der Waals surface area contributed by atoms with Crippen LogP contribution in [-0.2, 0) is 4.79 Å². The molecule has 0 bridgehead atoms. The van der Waals surface area contributed by atoms with Crippen LogP contribution in [0.25, 0.3) is 0 Å². The molecule has 2 aliphatic heterocycles. The van der Waals surface area contributed by atoms with E-state index in [1.807, 2.05) is 0 Å². The van der Waals surface area contributed by atoms with Crippen molar-refractivity contribution >= 4 is 11.6 Å². The van der Waals surface area contributed by atoms with E-state index in [0.717, 1.165) is 44.6 Å². The van der Waals surface area contributed by atoms with Gasteiger partial charge in [-0.1, -0.05) is 6.07 Å². The van der Waals surface area contributed by atoms with E-state index in [2.05, 4.69) is 15.5 Å². The van der Waals surface area contributed by atoms with Crippen LogP contribution in [0.4, 0.5) is 10.1 Å². The summed E-state index contributed by atoms with van der Waals surface area (Å²) in [6.07, 6.45) is 0.462. The largest absolute Gasteiger partial charge is 0.326 e. The highest BCUT2D eigenvalue weighted by Gasteiger charge is 2.35. The molecule has 2 fully saturated rings. The van der Waals surface area contributed by atoms with Gasteiger partial charge < -0.3 is 15.5 Å². The lowest BCUT2D eigenvalue weighted by Crippen LogP contribution is -2.29. The molecule has 2 aliphatic rings. The third-order valence-corrected chi connectivity index (χ3v) is 4.23. The SMILES string of the molecule is O=C(CCN1CC2CNCC2C1)Nc1cccc(F)c1. The summed E-state index contributed by atoms with van der Waals surface area (Å²) in [5, 5.41) is 6.15. The molecule has 4 nitrogen and oxygen atoms in total. The minimum atomic E-state index is -0.331. The Kier molecular flexibility index (Phi) is 3.98. The minimum absolute atomic E-state index is 0.0502. The van der Waals surface area contributed by atoms with Crippen molar-refractivity contribution in [2.24, 2.45) is 11.8 Å². The van der Waals surface area contributed by atoms with Crippen LogP contribution in [0.15, 0.2) is 24.3 Å². The van der Waals surface area contributed by atoms with Crippen molar-refractivity contribution in [1.29, 1.82) is 0 Å². The fraction of sp³-hybridized carbons (Fsp3) is 0.533. The molecule has 2 heterocycles. The molecule has 0 aromatic heterocycles. The van der Waals surface area contributed by atoms with E-state index in [4.69, 9.17) is 0 Å². The lowest BCUT2D eigenvalue weighted by molar-refractivity contribution is -0.116. The standard InChI is InChI=1S/C15H20FN3O/c16-13-2-1-3-14(6-13)18-15(20)4-5-19-9-11-7-17-8-12(11)10-19/h1-3,6,11-12,17H,4-5,7-10H2,(H,18,20). The molecule has 2 N–H and O–H groups in total. The summed E-state index contributed by atoms with van der Waals surface area (Å²) in [6.45, 7) is 5.18. The van der Waals surface area contributed by atoms with E-state index in [9.17, 15) is 9.18 Å². The number of hydrogen-bond donors (Lipinski definition) is 2. The number of likely N-dealkylation sites (tertiary alicyclic amines) is 1. The normalized spacial score (nSPS) is 25.6. The molecule has 3 rings (SSSR count). The van der Waals surface area contributed by atoms with Crippen molar-refractivity contribution in [2.75, 3.05) is 38.0 Å². The Morgan fingerprint density at radius 2 is 2.10 bits per heavy atom. The van der Waals surface area contributed by atoms with E-state index >= 15 is 0 Å². The first-order chi connectivity index (χ1) is 9.70. The highest BCUT2D eigenvalue weighted by molar-refractivity contribution is 5.90. The third kappa shape index (κ3) is 3.16. The molecule has 0 saturated carbocycles. The zero-order valence-electron chi connectivity index (χ0n) is 11.4. The Bertz CT molecular complexity index is 482. The lowest BCUT2D eigenvalue weighted by atomic mass is 10.0. The van der Waals surface area contributed by atoms with Crippen LogP contribution in [0.3, 0.4) is 0 Å². The van der Waals surface area contributed by atoms with Crippen LogP contribution in [0.5, 0.6) is 0 Å². The molecule has 1 aromatic rings. The Balaban J connectivity index is 1.43. The monoisotopic (exact) mass is 277 g/mol. The van der Waals surface area contributed by atoms with E-state index in [0.29, 0.717) is 12.1 Å². The molecule has 5 heteroatoms. The van der Waals surface area contributed by atoms with Gasteiger partial charge in [0.05, 0.1) is 0 Å². The van der Waals surface area contributed by atoms with Crippen LogP contribution < -0.4 is 10.6 Å². The maximum absolute atomic E-state index is 13.0. The summed E-state index contributed by atoms with van der Waals surface area (Å²) in [5.41, 5.74) is 0.525. The summed E-state index contributed by atoms with van der Waals surface area (Å²) in [5.74, 6) is 1.12. The number of hydrogen-bond acceptors (Lipinski definition) is 3. The Labute approximate surface area is 118 Å². The number of fused-ring (bicyclic) bond motifs is 1. The summed E-state index contributed by atoms with van der Waals surface area (Å²) < 4.78 is 13.0. The second-order valence-corrected chi connectivity index (χ2v) is 5.75. The van der Waals surface area contributed by atoms with Crippen LogP contribution in [0, 0.1) is 17.7 Å². The number of carbonyl (C=O) groups excluding carboxylic acids is 1. The zero-order chi connectivity index (χ0) is 13.9. The van der Waals surface area contributed by atoms with Gasteiger partial charge in [-0.3, -0.25) is 4.79 Å². The summed E-state index contributed by atoms with van der Waals surface area (Å²) in [7, 11) is 0. The van der Waals surface area contributed by atoms with Crippen molar-refractivity contribution in [1.82, 2.24) is 10.2 Å². The van der Waals surface area contributed by atoms with Gasteiger partial charge in [0, 0.05) is 31.7 Å². The zero-order valence-corrected chi connectivity index (χ0v) is 11.4. The van der Waals surface area contributed by atoms with Crippen molar-refractivity contribution in [2.45, 2.75) is 6.42 Å². The van der Waals surface area contributed by atoms with Crippen LogP contribution >= 0.6 is 0 Å². The molecule has 1 amide bonds. The molecule has 1 aromatic carbocycles. The number of rotatable bonds is 4. The molecule has 2 saturated heterocycles. The predicted octanol–water partition coefficient (Wildman–Crippen LogP) is 1.31. The molecular weight excluding hydrogens is 257 g/mol. The lowest BCUT2D eigenvalue weighted by Gasteiger charge is -2.16. The average Bonchev–Trinajstić information content (AvgIpc) is 2.97. The summed E-state index contributed by atoms with van der Waals surface area (Å²) >= 11 is 0. The number of halogens is 1. The highest BCUT2D eigenvalue weighted by Crippen LogP contribution is 2.26. The highest BCUT2D eigenvalue weighted by atomic mass is 19.1. The maximum Gasteiger partial charge on any atom is 0.225 e. The molecular formula is C15H20FN3O. The Hall–Kier alpha value is -1.46. The predicted molar refractivity (Wildman–Crippen MR) is 75.9 cm³/mol. The van der Waals surface area contributed by atoms with E-state index in [-0.39, 0.29) is 11.7 Å². The van der Waals surface area contributed by atoms with Crippen molar-refractivity contribution in [3.8, 4) is 0 Å². The smallest absolute Gasteiger partial charge is 0.225 e. The van der Waals surface area contributed by atoms with Crippen LogP contribution in [-0.4, -0.2) is 43.5 Å². The van der Waals surface area contributed by atoms with Crippen LogP contribution in [0.1, 0.15) is 6.42 Å². The van der Waals surface area contributed by atoms with Gasteiger partial charge in [-0.2, -0.15) is 0 Å². The van der Waals surface area contributed by atoms with Gasteiger partial charge in [0.25, 0.3) is 0 Å². The van der Waals surface area contributed by atoms with Gasteiger partial charge >= 0.3 is 0 Å². The third-order valence-electron chi connectivity index (χ3n) is 4.23. The fourth-order valence-electron chi connectivity index (χ4n) is 3.18. The number of anilines is 1. The van der Waals surface area contributed by atoms with E-state index in [1.54, 1.807) is 12.1 Å². The average molecular weight is 277 g/mol. The summed E-state index contributed by atoms with van der Waals surface area (Å²) in [4.78, 5) is 14.2. The van der Waals surface area contributed by atoms with Crippen molar-refractivity contribution in [3.63, 3.8) is 0 Å². The molecule has 0 spiro atoms. The quantitative estimate of drug-likeness (QED) is 0.872. The van der Waals surface area contributed by atoms with E-state index < -0.39 is 0 Å². The molecule has 0 aliphatic carbocycles. The Morgan fingerprint density at radius 3 is 2.80 bits per heavy atom. The maximum atomic E-state index is 13.0. The molecule has 108 valence electrons. The number of benzene rings is 1. The molecule has 0 radical (unpaired) electrons. The summed E-state index contributed by atoms with van der Waals surface area (Å²) in [6, 6.07) is 6.00. The Morgan fingerprint density at radius 1 is 1.35 bits per heavy atom. The minimum Gasteiger partial charge on any atom is -0.326 e. The first-order valence-corrected chi connectivity index (χ1v) is 7.19. The van der Waals surface area contributed by atoms with Gasteiger partial charge in [-0.15, -0.1) is 0 Å². The van der Waals surface area contributed by atoms with E-state index in [1.165, 1.54) is 12.1 Å². The second kappa shape index (κ2) is 5.89. The van der Waals surface area contributed by atoms with Crippen molar-refractivity contribution < 1.29 is 9.18 Å². The van der Waals surface area contributed by atoms with Crippen molar-refractivity contribution in [3.05, 3.63) is 30.1 Å². The van der Waals surface area contributed by atoms with Gasteiger partial charge in [0.15, 0.2) is 0 Å². The number of amides is 1. The molecule has 20 heavy (non-hydrogen) atoms. The first kappa shape index (κ1) is 13.5.